The number of amides is 2. The first-order chi connectivity index (χ1) is 11.3. The molecule has 136 valence electrons. The number of nitrogens with zero attached hydrogens (tertiary/aromatic N) is 1. The molecule has 25 heavy (non-hydrogen) atoms. The maximum Gasteiger partial charge on any atom is 0.407 e. The highest BCUT2D eigenvalue weighted by atomic mass is 16.6. The maximum absolute atomic E-state index is 12.6. The summed E-state index contributed by atoms with van der Waals surface area (Å²) in [7, 11) is 0. The Bertz CT molecular complexity index is 728. The molecule has 0 bridgehead atoms. The molecule has 0 spiro atoms. The molecule has 0 aliphatic carbocycles. The van der Waals surface area contributed by atoms with Crippen LogP contribution in [0.5, 0.6) is 0 Å². The molecule has 6 nitrogen and oxygen atoms in total. The highest BCUT2D eigenvalue weighted by Crippen LogP contribution is 2.20. The van der Waals surface area contributed by atoms with Crippen LogP contribution in [0.3, 0.4) is 0 Å². The van der Waals surface area contributed by atoms with Crippen molar-refractivity contribution in [2.75, 3.05) is 13.1 Å². The molecule has 0 saturated carbocycles. The van der Waals surface area contributed by atoms with Crippen LogP contribution < -0.4 is 5.32 Å². The molecule has 1 atom stereocenters. The van der Waals surface area contributed by atoms with Crippen LogP contribution in [0, 0.1) is 0 Å². The number of H-pyrrole nitrogens is 1. The quantitative estimate of drug-likeness (QED) is 0.874. The van der Waals surface area contributed by atoms with Gasteiger partial charge in [-0.25, -0.2) is 4.79 Å². The Hall–Kier alpha value is -2.50. The number of aromatic amines is 1. The van der Waals surface area contributed by atoms with Crippen LogP contribution in [-0.4, -0.2) is 46.6 Å². The van der Waals surface area contributed by atoms with E-state index in [-0.39, 0.29) is 25.0 Å². The molecule has 2 amide bonds. The van der Waals surface area contributed by atoms with Gasteiger partial charge < -0.3 is 19.9 Å². The number of likely N-dealkylation sites (tertiary alicyclic amines) is 1. The smallest absolute Gasteiger partial charge is 0.407 e. The first-order valence-electron chi connectivity index (χ1n) is 8.18. The zero-order valence-corrected chi connectivity index (χ0v) is 14.3. The third kappa shape index (κ3) is 4.53. The zero-order valence-electron chi connectivity index (χ0n) is 14.3. The zero-order chi connectivity index (χ0) is 17.3. The van der Waals surface area contributed by atoms with Crippen molar-refractivity contribution in [2.24, 2.45) is 0 Å². The number of fused-ring (bicyclic) bond motifs is 1. The topological polar surface area (TPSA) is 74.4 Å². The molecule has 6 heteroatoms. The summed E-state index contributed by atoms with van der Waals surface area (Å²) in [4.78, 5) is 29.3. The number of alkyl carbamates (subject to hydrolysis) is 1. The van der Waals surface area contributed by atoms with Gasteiger partial charge in [0.15, 0.2) is 0 Å². The Morgan fingerprint density at radius 1 is 1.28 bits per heavy atom. The van der Waals surface area contributed by atoms with Crippen molar-refractivity contribution in [3.63, 3.8) is 0 Å². The molecule has 2 aromatic rings. The van der Waals surface area contributed by atoms with Crippen molar-refractivity contribution in [2.45, 2.75) is 46.3 Å². The molecule has 1 fully saturated rings. The summed E-state index contributed by atoms with van der Waals surface area (Å²) in [5, 5.41) is 3.78. The second-order valence-electron chi connectivity index (χ2n) is 7.21. The highest BCUT2D eigenvalue weighted by molar-refractivity contribution is 5.98. The van der Waals surface area contributed by atoms with E-state index in [9.17, 15) is 9.59 Å². The van der Waals surface area contributed by atoms with Gasteiger partial charge in [0.2, 0.25) is 0 Å². The van der Waals surface area contributed by atoms with Gasteiger partial charge in [0, 0.05) is 29.4 Å². The number of aromatic nitrogens is 1. The van der Waals surface area contributed by atoms with Crippen molar-refractivity contribution in [1.82, 2.24) is 15.2 Å². The van der Waals surface area contributed by atoms with Gasteiger partial charge in [-0.2, -0.15) is 0 Å². The lowest BCUT2D eigenvalue weighted by atomic mass is 10.1. The lowest BCUT2D eigenvalue weighted by molar-refractivity contribution is 0.0712. The maximum atomic E-state index is 12.6. The summed E-state index contributed by atoms with van der Waals surface area (Å²) < 4.78 is 5.41. The van der Waals surface area contributed by atoms with E-state index in [1.807, 2.05) is 51.1 Å². The summed E-state index contributed by atoms with van der Waals surface area (Å²) in [5.74, 6) is -0.0615. The normalized spacial score (nSPS) is 17.2. The van der Waals surface area contributed by atoms with Crippen molar-refractivity contribution in [3.8, 4) is 0 Å². The van der Waals surface area contributed by atoms with Crippen LogP contribution in [0.4, 0.5) is 4.79 Å². The van der Waals surface area contributed by atoms with E-state index in [4.69, 9.17) is 4.74 Å². The average molecular weight is 345 g/mol. The standard InChI is InChI=1S/C18H23N3O3.CH4/c1-18(2,3)20-17(23)24-13-8-9-21(11-13)16(22)15-10-12-6-4-5-7-14(12)19-15;/h4-7,10,13,19H,8-9,11H2,1-3H3,(H,20,23);1H4. The van der Waals surface area contributed by atoms with Gasteiger partial charge in [-0.15, -0.1) is 0 Å². The van der Waals surface area contributed by atoms with Crippen LogP contribution in [0.15, 0.2) is 30.3 Å². The minimum atomic E-state index is -0.438. The van der Waals surface area contributed by atoms with Gasteiger partial charge in [0.25, 0.3) is 5.91 Å². The minimum Gasteiger partial charge on any atom is -0.444 e. The highest BCUT2D eigenvalue weighted by Gasteiger charge is 2.30. The van der Waals surface area contributed by atoms with Crippen LogP contribution in [0.1, 0.15) is 45.1 Å². The van der Waals surface area contributed by atoms with E-state index in [2.05, 4.69) is 10.3 Å². The summed E-state index contributed by atoms with van der Waals surface area (Å²) >= 11 is 0. The number of hydrogen-bond donors (Lipinski definition) is 2. The molecule has 2 N–H and O–H groups in total. The fourth-order valence-electron chi connectivity index (χ4n) is 2.85. The Morgan fingerprint density at radius 3 is 2.68 bits per heavy atom. The van der Waals surface area contributed by atoms with E-state index in [0.29, 0.717) is 25.2 Å². The molecule has 3 rings (SSSR count). The van der Waals surface area contributed by atoms with Crippen LogP contribution >= 0.6 is 0 Å². The molecule has 1 saturated heterocycles. The predicted octanol–water partition coefficient (Wildman–Crippen LogP) is 3.54. The van der Waals surface area contributed by atoms with Gasteiger partial charge in [-0.05, 0) is 32.9 Å². The lowest BCUT2D eigenvalue weighted by Crippen LogP contribution is -2.42. The van der Waals surface area contributed by atoms with Crippen LogP contribution in [0.2, 0.25) is 0 Å². The number of ether oxygens (including phenoxy) is 1. The van der Waals surface area contributed by atoms with Crippen molar-refractivity contribution >= 4 is 22.9 Å². The third-order valence-corrected chi connectivity index (χ3v) is 3.94. The first kappa shape index (κ1) is 18.8. The number of para-hydroxylation sites is 1. The van der Waals surface area contributed by atoms with Crippen molar-refractivity contribution in [3.05, 3.63) is 36.0 Å². The summed E-state index contributed by atoms with van der Waals surface area (Å²) in [6.07, 6.45) is -0.0446. The molecule has 1 unspecified atom stereocenters. The SMILES string of the molecule is C.CC(C)(C)NC(=O)OC1CCN(C(=O)c2cc3ccccc3[nH]2)C1. The fraction of sp³-hybridized carbons (Fsp3) is 0.474. The number of carbonyl (C=O) groups excluding carboxylic acids is 2. The number of benzene rings is 1. The summed E-state index contributed by atoms with van der Waals surface area (Å²) in [6, 6.07) is 9.64. The average Bonchev–Trinajstić information content (AvgIpc) is 3.10. The Labute approximate surface area is 148 Å². The van der Waals surface area contributed by atoms with Crippen LogP contribution in [-0.2, 0) is 4.74 Å². The molecular formula is C19H27N3O3. The van der Waals surface area contributed by atoms with Crippen molar-refractivity contribution in [1.29, 1.82) is 0 Å². The summed E-state index contributed by atoms with van der Waals surface area (Å²) in [6.45, 7) is 6.70. The largest absolute Gasteiger partial charge is 0.444 e. The second kappa shape index (κ2) is 7.17. The number of hydrogen-bond acceptors (Lipinski definition) is 3. The molecule has 2 heterocycles. The van der Waals surface area contributed by atoms with Gasteiger partial charge in [0.05, 0.1) is 6.54 Å². The lowest BCUT2D eigenvalue weighted by Gasteiger charge is -2.22. The molecule has 0 radical (unpaired) electrons. The minimum absolute atomic E-state index is 0. The first-order valence-corrected chi connectivity index (χ1v) is 8.18. The third-order valence-electron chi connectivity index (χ3n) is 3.94. The second-order valence-corrected chi connectivity index (χ2v) is 7.21. The van der Waals surface area contributed by atoms with Gasteiger partial charge in [-0.1, -0.05) is 25.6 Å². The van der Waals surface area contributed by atoms with Gasteiger partial charge >= 0.3 is 6.09 Å². The molecule has 1 aromatic carbocycles. The Kier molecular flexibility index (Phi) is 5.40. The van der Waals surface area contributed by atoms with E-state index in [0.717, 1.165) is 10.9 Å². The number of rotatable bonds is 2. The number of carbonyl (C=O) groups is 2. The fourth-order valence-corrected chi connectivity index (χ4v) is 2.85. The predicted molar refractivity (Wildman–Crippen MR) is 98.7 cm³/mol. The Morgan fingerprint density at radius 2 is 2.00 bits per heavy atom. The van der Waals surface area contributed by atoms with E-state index >= 15 is 0 Å². The van der Waals surface area contributed by atoms with Gasteiger partial charge in [-0.3, -0.25) is 4.79 Å². The molecular weight excluding hydrogens is 318 g/mol. The van der Waals surface area contributed by atoms with Crippen molar-refractivity contribution < 1.29 is 14.3 Å². The van der Waals surface area contributed by atoms with E-state index in [1.54, 1.807) is 4.90 Å². The molecule has 1 aliphatic heterocycles. The molecule has 1 aliphatic rings. The van der Waals surface area contributed by atoms with E-state index < -0.39 is 6.09 Å². The summed E-state index contributed by atoms with van der Waals surface area (Å²) in [5.41, 5.74) is 1.17. The van der Waals surface area contributed by atoms with Gasteiger partial charge in [0.1, 0.15) is 11.8 Å². The molecule has 1 aromatic heterocycles. The number of nitrogens with one attached hydrogen (secondary N) is 2. The van der Waals surface area contributed by atoms with Crippen LogP contribution in [0.25, 0.3) is 10.9 Å². The Balaban J connectivity index is 0.00000225. The van der Waals surface area contributed by atoms with E-state index in [1.165, 1.54) is 0 Å². The monoisotopic (exact) mass is 345 g/mol.